The molecule has 0 bridgehead atoms. The lowest BCUT2D eigenvalue weighted by Gasteiger charge is -2.31. The van der Waals surface area contributed by atoms with Gasteiger partial charge in [0.15, 0.2) is 5.96 Å². The average Bonchev–Trinajstić information content (AvgIpc) is 3.04. The molecule has 0 saturated carbocycles. The zero-order valence-electron chi connectivity index (χ0n) is 15.4. The number of rotatable bonds is 8. The molecule has 2 fully saturated rings. The minimum Gasteiger partial charge on any atom is -0.383 e. The van der Waals surface area contributed by atoms with Crippen LogP contribution in [0.3, 0.4) is 0 Å². The van der Waals surface area contributed by atoms with Gasteiger partial charge in [-0.2, -0.15) is 0 Å². The first kappa shape index (κ1) is 21.9. The zero-order valence-corrected chi connectivity index (χ0v) is 17.7. The fraction of sp³-hybridized carbons (Fsp3) is 0.941. The molecule has 0 aliphatic carbocycles. The number of hydrogen-bond donors (Lipinski definition) is 2. The quantitative estimate of drug-likeness (QED) is 0.330. The third-order valence-corrected chi connectivity index (χ3v) is 5.26. The number of methoxy groups -OCH3 is 1. The topological polar surface area (TPSA) is 66.1 Å². The van der Waals surface area contributed by atoms with E-state index in [1.165, 1.54) is 32.2 Å². The molecule has 142 valence electrons. The van der Waals surface area contributed by atoms with E-state index in [0.29, 0.717) is 17.9 Å². The van der Waals surface area contributed by atoms with E-state index < -0.39 is 0 Å². The third-order valence-electron chi connectivity index (χ3n) is 5.26. The first-order chi connectivity index (χ1) is 11.2. The SMILES string of the molecule is CCN1CCCC1CNC(N)=NCC1CCN(CCOC)CC1.I. The lowest BCUT2D eigenvalue weighted by Crippen LogP contribution is -2.43. The maximum atomic E-state index is 6.04. The Balaban J connectivity index is 0.00000288. The largest absolute Gasteiger partial charge is 0.383 e. The Morgan fingerprint density at radius 3 is 2.67 bits per heavy atom. The molecule has 2 saturated heterocycles. The van der Waals surface area contributed by atoms with E-state index in [1.54, 1.807) is 7.11 Å². The van der Waals surface area contributed by atoms with E-state index >= 15 is 0 Å². The van der Waals surface area contributed by atoms with Crippen LogP contribution in [0.15, 0.2) is 4.99 Å². The van der Waals surface area contributed by atoms with E-state index in [2.05, 4.69) is 27.0 Å². The van der Waals surface area contributed by atoms with E-state index in [9.17, 15) is 0 Å². The van der Waals surface area contributed by atoms with Crippen LogP contribution in [0, 0.1) is 5.92 Å². The molecule has 0 aromatic heterocycles. The molecule has 1 unspecified atom stereocenters. The normalized spacial score (nSPS) is 24.1. The van der Waals surface area contributed by atoms with Gasteiger partial charge in [-0.15, -0.1) is 24.0 Å². The predicted molar refractivity (Wildman–Crippen MR) is 111 cm³/mol. The van der Waals surface area contributed by atoms with Gasteiger partial charge in [0.1, 0.15) is 0 Å². The minimum absolute atomic E-state index is 0. The van der Waals surface area contributed by atoms with Gasteiger partial charge in [0.05, 0.1) is 6.61 Å². The Kier molecular flexibility index (Phi) is 11.2. The Labute approximate surface area is 164 Å². The smallest absolute Gasteiger partial charge is 0.188 e. The number of nitrogens with zero attached hydrogens (tertiary/aromatic N) is 3. The van der Waals surface area contributed by atoms with Gasteiger partial charge in [0.2, 0.25) is 0 Å². The van der Waals surface area contributed by atoms with Crippen molar-refractivity contribution in [1.82, 2.24) is 15.1 Å². The van der Waals surface area contributed by atoms with Crippen LogP contribution in [0.4, 0.5) is 0 Å². The van der Waals surface area contributed by atoms with Gasteiger partial charge in [-0.05, 0) is 57.8 Å². The second kappa shape index (κ2) is 12.3. The maximum absolute atomic E-state index is 6.04. The zero-order chi connectivity index (χ0) is 16.5. The number of piperidine rings is 1. The van der Waals surface area contributed by atoms with Gasteiger partial charge in [0.25, 0.3) is 0 Å². The third kappa shape index (κ3) is 7.41. The first-order valence-corrected chi connectivity index (χ1v) is 9.22. The highest BCUT2D eigenvalue weighted by atomic mass is 127. The number of nitrogens with one attached hydrogen (secondary N) is 1. The summed E-state index contributed by atoms with van der Waals surface area (Å²) >= 11 is 0. The number of halogens is 1. The molecule has 2 aliphatic rings. The lowest BCUT2D eigenvalue weighted by molar-refractivity contribution is 0.121. The van der Waals surface area contributed by atoms with Crippen molar-refractivity contribution < 1.29 is 4.74 Å². The second-order valence-electron chi connectivity index (χ2n) is 6.81. The molecular formula is C17H36IN5O. The standard InChI is InChI=1S/C17H35N5O.HI/c1-3-22-8-4-5-16(22)14-20-17(18)19-13-15-6-9-21(10-7-15)11-12-23-2;/h15-16H,3-14H2,1-2H3,(H3,18,19,20);1H. The van der Waals surface area contributed by atoms with Crippen LogP contribution < -0.4 is 11.1 Å². The molecule has 7 heteroatoms. The van der Waals surface area contributed by atoms with Crippen molar-refractivity contribution in [3.8, 4) is 0 Å². The van der Waals surface area contributed by atoms with Gasteiger partial charge in [0, 0.05) is 32.8 Å². The Morgan fingerprint density at radius 2 is 2.00 bits per heavy atom. The molecule has 2 aliphatic heterocycles. The highest BCUT2D eigenvalue weighted by Crippen LogP contribution is 2.17. The number of guanidine groups is 1. The van der Waals surface area contributed by atoms with Crippen LogP contribution in [-0.4, -0.2) is 81.3 Å². The highest BCUT2D eigenvalue weighted by molar-refractivity contribution is 14.0. The lowest BCUT2D eigenvalue weighted by atomic mass is 9.97. The summed E-state index contributed by atoms with van der Waals surface area (Å²) in [5, 5.41) is 3.32. The summed E-state index contributed by atoms with van der Waals surface area (Å²) in [5.74, 6) is 1.29. The van der Waals surface area contributed by atoms with Gasteiger partial charge in [-0.1, -0.05) is 6.92 Å². The van der Waals surface area contributed by atoms with Crippen LogP contribution >= 0.6 is 24.0 Å². The highest BCUT2D eigenvalue weighted by Gasteiger charge is 2.22. The molecule has 0 radical (unpaired) electrons. The minimum atomic E-state index is 0. The maximum Gasteiger partial charge on any atom is 0.188 e. The van der Waals surface area contributed by atoms with Crippen molar-refractivity contribution in [2.75, 3.05) is 59.5 Å². The number of likely N-dealkylation sites (tertiary alicyclic amines) is 2. The Bertz CT molecular complexity index is 361. The molecule has 2 rings (SSSR count). The number of aliphatic imine (C=N–C) groups is 1. The van der Waals surface area contributed by atoms with Crippen LogP contribution in [0.1, 0.15) is 32.6 Å². The molecule has 1 atom stereocenters. The van der Waals surface area contributed by atoms with Crippen molar-refractivity contribution >= 4 is 29.9 Å². The number of ether oxygens (including phenoxy) is 1. The van der Waals surface area contributed by atoms with E-state index in [4.69, 9.17) is 10.5 Å². The second-order valence-corrected chi connectivity index (χ2v) is 6.81. The molecular weight excluding hydrogens is 417 g/mol. The fourth-order valence-corrected chi connectivity index (χ4v) is 3.66. The number of hydrogen-bond acceptors (Lipinski definition) is 4. The molecule has 6 nitrogen and oxygen atoms in total. The van der Waals surface area contributed by atoms with Crippen LogP contribution in [-0.2, 0) is 4.74 Å². The molecule has 2 heterocycles. The van der Waals surface area contributed by atoms with Gasteiger partial charge in [-0.3, -0.25) is 9.89 Å². The van der Waals surface area contributed by atoms with Crippen molar-refractivity contribution in [2.45, 2.75) is 38.6 Å². The van der Waals surface area contributed by atoms with E-state index in [0.717, 1.165) is 45.9 Å². The Morgan fingerprint density at radius 1 is 1.25 bits per heavy atom. The molecule has 0 aromatic carbocycles. The van der Waals surface area contributed by atoms with E-state index in [-0.39, 0.29) is 24.0 Å². The van der Waals surface area contributed by atoms with Crippen LogP contribution in [0.2, 0.25) is 0 Å². The van der Waals surface area contributed by atoms with E-state index in [1.807, 2.05) is 0 Å². The molecule has 0 aromatic rings. The first-order valence-electron chi connectivity index (χ1n) is 9.22. The predicted octanol–water partition coefficient (Wildman–Crippen LogP) is 1.35. The summed E-state index contributed by atoms with van der Waals surface area (Å²) in [5.41, 5.74) is 6.04. The fourth-order valence-electron chi connectivity index (χ4n) is 3.66. The van der Waals surface area contributed by atoms with Crippen LogP contribution in [0.5, 0.6) is 0 Å². The summed E-state index contributed by atoms with van der Waals surface area (Å²) < 4.78 is 5.14. The Hall–Kier alpha value is -0.120. The monoisotopic (exact) mass is 453 g/mol. The summed E-state index contributed by atoms with van der Waals surface area (Å²) in [6.45, 7) is 10.6. The number of nitrogens with two attached hydrogens (primary N) is 1. The van der Waals surface area contributed by atoms with Crippen molar-refractivity contribution in [3.05, 3.63) is 0 Å². The van der Waals surface area contributed by atoms with Gasteiger partial charge >= 0.3 is 0 Å². The summed E-state index contributed by atoms with van der Waals surface area (Å²) in [4.78, 5) is 9.57. The van der Waals surface area contributed by atoms with Crippen molar-refractivity contribution in [3.63, 3.8) is 0 Å². The summed E-state index contributed by atoms with van der Waals surface area (Å²) in [7, 11) is 1.77. The van der Waals surface area contributed by atoms with Gasteiger partial charge < -0.3 is 20.7 Å². The summed E-state index contributed by atoms with van der Waals surface area (Å²) in [6, 6.07) is 0.623. The molecule has 24 heavy (non-hydrogen) atoms. The molecule has 3 N–H and O–H groups in total. The molecule has 0 spiro atoms. The van der Waals surface area contributed by atoms with Crippen molar-refractivity contribution in [1.29, 1.82) is 0 Å². The number of likely N-dealkylation sites (N-methyl/N-ethyl adjacent to an activating group) is 1. The van der Waals surface area contributed by atoms with Crippen LogP contribution in [0.25, 0.3) is 0 Å². The van der Waals surface area contributed by atoms with Crippen molar-refractivity contribution in [2.24, 2.45) is 16.6 Å². The average molecular weight is 453 g/mol. The van der Waals surface area contributed by atoms with Gasteiger partial charge in [-0.25, -0.2) is 0 Å². The molecule has 0 amide bonds. The summed E-state index contributed by atoms with van der Waals surface area (Å²) in [6.07, 6.45) is 5.01.